The van der Waals surface area contributed by atoms with Gasteiger partial charge in [-0.1, -0.05) is 122 Å². The molecule has 0 aliphatic rings. The van der Waals surface area contributed by atoms with Crippen LogP contribution in [0, 0.1) is 0 Å². The van der Waals surface area contributed by atoms with Gasteiger partial charge in [0.1, 0.15) is 9.52 Å². The standard InChI is InChI=1S/C25H46F2O2Si/c1-23(2)24(28)29-21-19-17-15-13-11-9-7-5-3-4-6-8-10-12-14-16-18-20-22-30-25(26)27/h25H,1,3-22H2,2H3. The number of carbonyl (C=O) groups is 1. The number of ether oxygens (including phenoxy) is 1. The Morgan fingerprint density at radius 2 is 1.03 bits per heavy atom. The lowest BCUT2D eigenvalue weighted by molar-refractivity contribution is -0.139. The predicted molar refractivity (Wildman–Crippen MR) is 125 cm³/mol. The van der Waals surface area contributed by atoms with E-state index in [1.54, 1.807) is 6.92 Å². The highest BCUT2D eigenvalue weighted by Crippen LogP contribution is 2.14. The Labute approximate surface area is 187 Å². The summed E-state index contributed by atoms with van der Waals surface area (Å²) in [6.07, 6.45) is 22.8. The number of hydrogen-bond acceptors (Lipinski definition) is 2. The van der Waals surface area contributed by atoms with Gasteiger partial charge >= 0.3 is 5.97 Å². The van der Waals surface area contributed by atoms with E-state index in [0.29, 0.717) is 18.2 Å². The molecule has 5 heteroatoms. The van der Waals surface area contributed by atoms with Crippen molar-refractivity contribution in [2.24, 2.45) is 0 Å². The molecule has 0 saturated carbocycles. The first-order valence-corrected chi connectivity index (χ1v) is 13.7. The monoisotopic (exact) mass is 444 g/mol. The van der Waals surface area contributed by atoms with Crippen molar-refractivity contribution >= 4 is 15.5 Å². The molecular formula is C25H46F2O2Si. The van der Waals surface area contributed by atoms with E-state index in [9.17, 15) is 13.6 Å². The number of unbranched alkanes of at least 4 members (excludes halogenated alkanes) is 17. The van der Waals surface area contributed by atoms with Crippen LogP contribution in [0.5, 0.6) is 0 Å². The van der Waals surface area contributed by atoms with E-state index in [-0.39, 0.29) is 15.5 Å². The third-order valence-electron chi connectivity index (χ3n) is 5.45. The second-order valence-electron chi connectivity index (χ2n) is 8.54. The van der Waals surface area contributed by atoms with Crippen LogP contribution in [0.1, 0.15) is 122 Å². The molecule has 0 N–H and O–H groups in total. The van der Waals surface area contributed by atoms with Crippen LogP contribution in [0.15, 0.2) is 12.2 Å². The summed E-state index contributed by atoms with van der Waals surface area (Å²) in [4.78, 5) is 11.2. The molecular weight excluding hydrogens is 398 g/mol. The lowest BCUT2D eigenvalue weighted by Gasteiger charge is -2.05. The van der Waals surface area contributed by atoms with Crippen molar-refractivity contribution in [3.05, 3.63) is 12.2 Å². The third kappa shape index (κ3) is 23.6. The van der Waals surface area contributed by atoms with E-state index in [4.69, 9.17) is 4.74 Å². The van der Waals surface area contributed by atoms with Crippen LogP contribution < -0.4 is 0 Å². The first-order valence-electron chi connectivity index (χ1n) is 12.4. The zero-order chi connectivity index (χ0) is 22.3. The molecule has 0 aliphatic carbocycles. The minimum atomic E-state index is -2.09. The van der Waals surface area contributed by atoms with Gasteiger partial charge in [0.25, 0.3) is 0 Å². The van der Waals surface area contributed by atoms with E-state index in [1.165, 1.54) is 89.9 Å². The van der Waals surface area contributed by atoms with Gasteiger partial charge in [0, 0.05) is 5.57 Å². The van der Waals surface area contributed by atoms with Crippen molar-refractivity contribution in [3.63, 3.8) is 0 Å². The Hall–Kier alpha value is -0.713. The maximum absolute atomic E-state index is 12.0. The van der Waals surface area contributed by atoms with Gasteiger partial charge in [0.15, 0.2) is 0 Å². The van der Waals surface area contributed by atoms with E-state index < -0.39 is 6.05 Å². The van der Waals surface area contributed by atoms with Gasteiger partial charge in [-0.25, -0.2) is 13.6 Å². The second kappa shape index (κ2) is 23.0. The molecule has 0 rings (SSSR count). The van der Waals surface area contributed by atoms with Gasteiger partial charge in [0.05, 0.1) is 6.61 Å². The van der Waals surface area contributed by atoms with Crippen LogP contribution in [0.2, 0.25) is 6.04 Å². The Balaban J connectivity index is 3.07. The summed E-state index contributed by atoms with van der Waals surface area (Å²) in [6.45, 7) is 5.78. The van der Waals surface area contributed by atoms with Crippen molar-refractivity contribution in [1.82, 2.24) is 0 Å². The van der Waals surface area contributed by atoms with Crippen molar-refractivity contribution in [2.75, 3.05) is 6.61 Å². The number of carbonyl (C=O) groups excluding carboxylic acids is 1. The zero-order valence-electron chi connectivity index (χ0n) is 19.5. The van der Waals surface area contributed by atoms with Crippen molar-refractivity contribution in [3.8, 4) is 0 Å². The van der Waals surface area contributed by atoms with Gasteiger partial charge in [-0.2, -0.15) is 0 Å². The van der Waals surface area contributed by atoms with E-state index >= 15 is 0 Å². The molecule has 0 spiro atoms. The average Bonchev–Trinajstić information content (AvgIpc) is 2.71. The number of halogens is 2. The summed E-state index contributed by atoms with van der Waals surface area (Å²) < 4.78 is 29.1. The van der Waals surface area contributed by atoms with Crippen molar-refractivity contribution in [1.29, 1.82) is 0 Å². The van der Waals surface area contributed by atoms with Crippen molar-refractivity contribution < 1.29 is 18.3 Å². The van der Waals surface area contributed by atoms with E-state index in [1.807, 2.05) is 0 Å². The Kier molecular flexibility index (Phi) is 22.4. The fourth-order valence-corrected chi connectivity index (χ4v) is 4.23. The fraction of sp³-hybridized carbons (Fsp3) is 0.880. The molecule has 0 saturated heterocycles. The zero-order valence-corrected chi connectivity index (χ0v) is 20.5. The number of rotatable bonds is 23. The van der Waals surface area contributed by atoms with Gasteiger partial charge < -0.3 is 4.74 Å². The molecule has 30 heavy (non-hydrogen) atoms. The van der Waals surface area contributed by atoms with Crippen molar-refractivity contribution in [2.45, 2.75) is 135 Å². The smallest absolute Gasteiger partial charge is 0.333 e. The van der Waals surface area contributed by atoms with Crippen LogP contribution in [-0.2, 0) is 9.53 Å². The molecule has 2 nitrogen and oxygen atoms in total. The van der Waals surface area contributed by atoms with Gasteiger partial charge in [-0.3, -0.25) is 0 Å². The topological polar surface area (TPSA) is 26.3 Å². The van der Waals surface area contributed by atoms with Crippen LogP contribution in [0.4, 0.5) is 8.78 Å². The Morgan fingerprint density at radius 3 is 1.37 bits per heavy atom. The molecule has 0 atom stereocenters. The minimum Gasteiger partial charge on any atom is -0.462 e. The van der Waals surface area contributed by atoms with E-state index in [0.717, 1.165) is 25.7 Å². The molecule has 0 aromatic carbocycles. The van der Waals surface area contributed by atoms with E-state index in [2.05, 4.69) is 6.58 Å². The molecule has 0 aliphatic heterocycles. The summed E-state index contributed by atoms with van der Waals surface area (Å²) in [6, 6.07) is -1.38. The first kappa shape index (κ1) is 29.3. The molecule has 0 amide bonds. The van der Waals surface area contributed by atoms with Gasteiger partial charge in [0.2, 0.25) is 6.05 Å². The number of esters is 1. The van der Waals surface area contributed by atoms with Gasteiger partial charge in [-0.05, 0) is 13.3 Å². The molecule has 0 fully saturated rings. The van der Waals surface area contributed by atoms with Crippen LogP contribution in [-0.4, -0.2) is 28.1 Å². The third-order valence-corrected chi connectivity index (χ3v) is 6.40. The largest absolute Gasteiger partial charge is 0.462 e. The first-order chi connectivity index (χ1) is 14.5. The summed E-state index contributed by atoms with van der Waals surface area (Å²) in [5.41, 5.74) is 0.476. The lowest BCUT2D eigenvalue weighted by atomic mass is 10.0. The molecule has 2 radical (unpaired) electrons. The quantitative estimate of drug-likeness (QED) is 0.0683. The second-order valence-corrected chi connectivity index (χ2v) is 9.88. The summed E-state index contributed by atoms with van der Waals surface area (Å²) >= 11 is 0. The highest BCUT2D eigenvalue weighted by molar-refractivity contribution is 6.36. The Morgan fingerprint density at radius 1 is 0.700 bits per heavy atom. The van der Waals surface area contributed by atoms with Crippen LogP contribution in [0.3, 0.4) is 0 Å². The molecule has 176 valence electrons. The Bertz CT molecular complexity index is 403. The normalized spacial score (nSPS) is 11.2. The average molecular weight is 445 g/mol. The summed E-state index contributed by atoms with van der Waals surface area (Å²) in [5.74, 6) is -0.271. The molecule has 0 heterocycles. The summed E-state index contributed by atoms with van der Waals surface area (Å²) in [7, 11) is -0.152. The van der Waals surface area contributed by atoms with Crippen LogP contribution >= 0.6 is 0 Å². The fourth-order valence-electron chi connectivity index (χ4n) is 3.55. The lowest BCUT2D eigenvalue weighted by Crippen LogP contribution is -2.05. The number of alkyl halides is 2. The maximum Gasteiger partial charge on any atom is 0.333 e. The molecule has 0 bridgehead atoms. The molecule has 0 aromatic rings. The molecule has 0 aromatic heterocycles. The highest BCUT2D eigenvalue weighted by atomic mass is 28.2. The maximum atomic E-state index is 12.0. The predicted octanol–water partition coefficient (Wildman–Crippen LogP) is 8.47. The highest BCUT2D eigenvalue weighted by Gasteiger charge is 2.03. The minimum absolute atomic E-state index is 0.152. The summed E-state index contributed by atoms with van der Waals surface area (Å²) in [5, 5.41) is 0. The van der Waals surface area contributed by atoms with Gasteiger partial charge in [-0.15, -0.1) is 0 Å². The SMILES string of the molecule is C=C(C)C(=O)OCCCCCCCCCCCCCCCCCCCC[Si]C(F)F. The van der Waals surface area contributed by atoms with Crippen LogP contribution in [0.25, 0.3) is 0 Å². The number of hydrogen-bond donors (Lipinski definition) is 0. The molecule has 0 unspecified atom stereocenters.